The summed E-state index contributed by atoms with van der Waals surface area (Å²) in [5.41, 5.74) is 1.52. The lowest BCUT2D eigenvalue weighted by molar-refractivity contribution is -0.137. The molecule has 0 aliphatic carbocycles. The summed E-state index contributed by atoms with van der Waals surface area (Å²) >= 11 is 0. The van der Waals surface area contributed by atoms with Crippen molar-refractivity contribution in [3.63, 3.8) is 0 Å². The highest BCUT2D eigenvalue weighted by Crippen LogP contribution is 2.29. The van der Waals surface area contributed by atoms with Gasteiger partial charge in [0.1, 0.15) is 5.75 Å². The first-order chi connectivity index (χ1) is 15.5. The second-order valence-corrected chi connectivity index (χ2v) is 8.12. The zero-order valence-corrected chi connectivity index (χ0v) is 18.2. The van der Waals surface area contributed by atoms with Crippen LogP contribution in [0, 0.1) is 5.92 Å². The molecule has 2 aromatic carbocycles. The lowest BCUT2D eigenvalue weighted by Crippen LogP contribution is -2.52. The Hall–Kier alpha value is -3.39. The van der Waals surface area contributed by atoms with Gasteiger partial charge in [-0.2, -0.15) is 0 Å². The number of para-hydroxylation sites is 1. The Bertz CT molecular complexity index is 973. The molecule has 4 rings (SSSR count). The molecule has 1 atom stereocenters. The second kappa shape index (κ2) is 9.82. The summed E-state index contributed by atoms with van der Waals surface area (Å²) in [4.78, 5) is 43.4. The van der Waals surface area contributed by atoms with Gasteiger partial charge in [-0.05, 0) is 24.3 Å². The van der Waals surface area contributed by atoms with E-state index in [-0.39, 0.29) is 30.1 Å². The lowest BCUT2D eigenvalue weighted by atomic mass is 10.1. The number of methoxy groups -OCH3 is 1. The first-order valence-corrected chi connectivity index (χ1v) is 10.8. The van der Waals surface area contributed by atoms with Crippen molar-refractivity contribution < 1.29 is 19.1 Å². The molecule has 2 fully saturated rings. The maximum Gasteiger partial charge on any atom is 0.238 e. The number of rotatable bonds is 6. The summed E-state index contributed by atoms with van der Waals surface area (Å²) in [7, 11) is 1.59. The van der Waals surface area contributed by atoms with Crippen LogP contribution in [0.3, 0.4) is 0 Å². The molecular formula is C24H28N4O4. The van der Waals surface area contributed by atoms with Crippen molar-refractivity contribution in [2.24, 2.45) is 5.92 Å². The van der Waals surface area contributed by atoms with E-state index in [9.17, 15) is 14.4 Å². The third-order valence-electron chi connectivity index (χ3n) is 5.95. The van der Waals surface area contributed by atoms with E-state index in [1.165, 1.54) is 0 Å². The minimum Gasteiger partial charge on any atom is -0.497 e. The van der Waals surface area contributed by atoms with Crippen LogP contribution in [0.2, 0.25) is 0 Å². The monoisotopic (exact) mass is 436 g/mol. The van der Waals surface area contributed by atoms with Gasteiger partial charge in [0.25, 0.3) is 0 Å². The number of amides is 3. The Morgan fingerprint density at radius 1 is 1.03 bits per heavy atom. The fraction of sp³-hybridized carbons (Fsp3) is 0.375. The number of ether oxygens (including phenoxy) is 1. The van der Waals surface area contributed by atoms with Gasteiger partial charge >= 0.3 is 0 Å². The average molecular weight is 437 g/mol. The van der Waals surface area contributed by atoms with Crippen molar-refractivity contribution in [1.29, 1.82) is 0 Å². The summed E-state index contributed by atoms with van der Waals surface area (Å²) in [6.07, 6.45) is 0.218. The Morgan fingerprint density at radius 2 is 1.78 bits per heavy atom. The van der Waals surface area contributed by atoms with Crippen LogP contribution in [0.5, 0.6) is 5.75 Å². The maximum atomic E-state index is 13.0. The van der Waals surface area contributed by atoms with E-state index >= 15 is 0 Å². The number of nitrogens with zero attached hydrogens (tertiary/aromatic N) is 3. The normalized spacial score (nSPS) is 19.2. The van der Waals surface area contributed by atoms with E-state index in [2.05, 4.69) is 5.32 Å². The molecule has 0 spiro atoms. The van der Waals surface area contributed by atoms with Gasteiger partial charge in [0.05, 0.1) is 19.6 Å². The molecule has 2 aromatic rings. The van der Waals surface area contributed by atoms with Crippen LogP contribution in [0.25, 0.3) is 0 Å². The predicted octanol–water partition coefficient (Wildman–Crippen LogP) is 1.83. The number of hydrogen-bond donors (Lipinski definition) is 1. The van der Waals surface area contributed by atoms with Crippen LogP contribution in [0.1, 0.15) is 6.42 Å². The van der Waals surface area contributed by atoms with Gasteiger partial charge < -0.3 is 19.9 Å². The quantitative estimate of drug-likeness (QED) is 0.747. The maximum absolute atomic E-state index is 13.0. The zero-order valence-electron chi connectivity index (χ0n) is 18.2. The molecule has 8 heteroatoms. The Labute approximate surface area is 187 Å². The molecule has 2 heterocycles. The van der Waals surface area contributed by atoms with Crippen molar-refractivity contribution >= 4 is 29.1 Å². The SMILES string of the molecule is COc1cccc(N2CC(C(=O)N3CCN(CC(=O)Nc4ccccc4)CC3)CC2=O)c1. The molecule has 0 radical (unpaired) electrons. The third kappa shape index (κ3) is 5.08. The molecule has 168 valence electrons. The highest BCUT2D eigenvalue weighted by atomic mass is 16.5. The van der Waals surface area contributed by atoms with E-state index in [4.69, 9.17) is 4.74 Å². The van der Waals surface area contributed by atoms with Crippen LogP contribution in [-0.4, -0.2) is 73.9 Å². The zero-order chi connectivity index (χ0) is 22.5. The minimum atomic E-state index is -0.346. The molecule has 8 nitrogen and oxygen atoms in total. The number of anilines is 2. The highest BCUT2D eigenvalue weighted by Gasteiger charge is 2.38. The Morgan fingerprint density at radius 3 is 2.50 bits per heavy atom. The summed E-state index contributed by atoms with van der Waals surface area (Å²) in [6.45, 7) is 3.05. The third-order valence-corrected chi connectivity index (χ3v) is 5.95. The first-order valence-electron chi connectivity index (χ1n) is 10.8. The van der Waals surface area contributed by atoms with Gasteiger partial charge in [0, 0.05) is 56.6 Å². The van der Waals surface area contributed by atoms with Crippen molar-refractivity contribution in [3.05, 3.63) is 54.6 Å². The molecule has 1 unspecified atom stereocenters. The van der Waals surface area contributed by atoms with Crippen LogP contribution in [0.15, 0.2) is 54.6 Å². The molecule has 0 saturated carbocycles. The first kappa shape index (κ1) is 21.8. The van der Waals surface area contributed by atoms with Crippen molar-refractivity contribution in [2.45, 2.75) is 6.42 Å². The van der Waals surface area contributed by atoms with E-state index in [0.29, 0.717) is 45.0 Å². The molecule has 2 aliphatic rings. The van der Waals surface area contributed by atoms with Gasteiger partial charge in [0.15, 0.2) is 0 Å². The number of benzene rings is 2. The standard InChI is InChI=1S/C24H28N4O4/c1-32-21-9-5-8-20(15-21)28-16-18(14-23(28)30)24(31)27-12-10-26(11-13-27)17-22(29)25-19-6-3-2-4-7-19/h2-9,15,18H,10-14,16-17H2,1H3,(H,25,29). The second-order valence-electron chi connectivity index (χ2n) is 8.12. The van der Waals surface area contributed by atoms with E-state index in [1.807, 2.05) is 64.4 Å². The van der Waals surface area contributed by atoms with Crippen LogP contribution in [-0.2, 0) is 14.4 Å². The predicted molar refractivity (Wildman–Crippen MR) is 122 cm³/mol. The highest BCUT2D eigenvalue weighted by molar-refractivity contribution is 6.00. The topological polar surface area (TPSA) is 82.2 Å². The van der Waals surface area contributed by atoms with Crippen LogP contribution in [0.4, 0.5) is 11.4 Å². The number of hydrogen-bond acceptors (Lipinski definition) is 5. The van der Waals surface area contributed by atoms with E-state index in [0.717, 1.165) is 11.4 Å². The molecule has 1 N–H and O–H groups in total. The van der Waals surface area contributed by atoms with E-state index < -0.39 is 0 Å². The minimum absolute atomic E-state index is 0.0112. The average Bonchev–Trinajstić information content (AvgIpc) is 3.21. The van der Waals surface area contributed by atoms with Crippen molar-refractivity contribution in [2.75, 3.05) is 56.6 Å². The summed E-state index contributed by atoms with van der Waals surface area (Å²) in [5, 5.41) is 2.89. The number of piperazine rings is 1. The smallest absolute Gasteiger partial charge is 0.238 e. The van der Waals surface area contributed by atoms with Crippen LogP contribution >= 0.6 is 0 Å². The molecule has 0 bridgehead atoms. The largest absolute Gasteiger partial charge is 0.497 e. The molecular weight excluding hydrogens is 408 g/mol. The van der Waals surface area contributed by atoms with Gasteiger partial charge in [-0.3, -0.25) is 19.3 Å². The Balaban J connectivity index is 1.27. The summed E-state index contributed by atoms with van der Waals surface area (Å²) < 4.78 is 5.24. The number of carbonyl (C=O) groups is 3. The number of carbonyl (C=O) groups excluding carboxylic acids is 3. The molecule has 32 heavy (non-hydrogen) atoms. The van der Waals surface area contributed by atoms with Gasteiger partial charge in [-0.25, -0.2) is 0 Å². The molecule has 0 aromatic heterocycles. The fourth-order valence-electron chi connectivity index (χ4n) is 4.21. The van der Waals surface area contributed by atoms with Crippen LogP contribution < -0.4 is 15.0 Å². The van der Waals surface area contributed by atoms with Crippen molar-refractivity contribution in [1.82, 2.24) is 9.80 Å². The molecule has 2 saturated heterocycles. The van der Waals surface area contributed by atoms with Gasteiger partial charge in [-0.15, -0.1) is 0 Å². The summed E-state index contributed by atoms with van der Waals surface area (Å²) in [6, 6.07) is 16.7. The summed E-state index contributed by atoms with van der Waals surface area (Å²) in [5.74, 6) is 0.232. The van der Waals surface area contributed by atoms with Gasteiger partial charge in [-0.1, -0.05) is 24.3 Å². The van der Waals surface area contributed by atoms with Gasteiger partial charge in [0.2, 0.25) is 17.7 Å². The molecule has 3 amide bonds. The van der Waals surface area contributed by atoms with E-state index in [1.54, 1.807) is 12.0 Å². The fourth-order valence-corrected chi connectivity index (χ4v) is 4.21. The Kier molecular flexibility index (Phi) is 6.70. The number of nitrogens with one attached hydrogen (secondary N) is 1. The molecule has 2 aliphatic heterocycles. The lowest BCUT2D eigenvalue weighted by Gasteiger charge is -2.35. The van der Waals surface area contributed by atoms with Crippen molar-refractivity contribution in [3.8, 4) is 5.75 Å².